The Morgan fingerprint density at radius 1 is 0.757 bits per heavy atom. The van der Waals surface area contributed by atoms with E-state index in [0.717, 1.165) is 0 Å². The highest BCUT2D eigenvalue weighted by Crippen LogP contribution is 2.38. The van der Waals surface area contributed by atoms with Gasteiger partial charge in [0.25, 0.3) is 11.8 Å². The fourth-order valence-corrected chi connectivity index (χ4v) is 3.42. The number of carboxylic acid groups (broad SMARTS) is 1. The number of nitrogens with one attached hydrogen (secondary N) is 2. The van der Waals surface area contributed by atoms with E-state index in [1.807, 2.05) is 0 Å². The van der Waals surface area contributed by atoms with Crippen molar-refractivity contribution in [2.24, 2.45) is 0 Å². The van der Waals surface area contributed by atoms with Crippen LogP contribution < -0.4 is 29.6 Å². The lowest BCUT2D eigenvalue weighted by molar-refractivity contribution is -0.113. The molecule has 3 rings (SSSR count). The quantitative estimate of drug-likeness (QED) is 0.354. The van der Waals surface area contributed by atoms with E-state index in [1.54, 1.807) is 42.5 Å². The zero-order chi connectivity index (χ0) is 26.9. The van der Waals surface area contributed by atoms with E-state index >= 15 is 0 Å². The number of carboxylic acids is 1. The van der Waals surface area contributed by atoms with Crippen LogP contribution in [0.4, 0.5) is 5.69 Å². The maximum atomic E-state index is 13.4. The minimum absolute atomic E-state index is 0.0559. The smallest absolute Gasteiger partial charge is 0.335 e. The number of amides is 2. The number of rotatable bonds is 10. The van der Waals surface area contributed by atoms with E-state index in [4.69, 9.17) is 18.9 Å². The molecule has 0 fully saturated rings. The lowest BCUT2D eigenvalue weighted by Crippen LogP contribution is -2.30. The number of anilines is 1. The van der Waals surface area contributed by atoms with Crippen LogP contribution in [0.2, 0.25) is 0 Å². The maximum Gasteiger partial charge on any atom is 0.335 e. The van der Waals surface area contributed by atoms with Crippen molar-refractivity contribution in [1.29, 1.82) is 0 Å². The summed E-state index contributed by atoms with van der Waals surface area (Å²) in [5.41, 5.74) is 0.707. The van der Waals surface area contributed by atoms with Crippen LogP contribution in [0, 0.1) is 0 Å². The van der Waals surface area contributed by atoms with Gasteiger partial charge in [-0.2, -0.15) is 0 Å². The summed E-state index contributed by atoms with van der Waals surface area (Å²) in [5, 5.41) is 14.6. The van der Waals surface area contributed by atoms with Crippen LogP contribution in [0.25, 0.3) is 6.08 Å². The number of methoxy groups -OCH3 is 4. The lowest BCUT2D eigenvalue weighted by Gasteiger charge is -2.15. The van der Waals surface area contributed by atoms with Crippen LogP contribution in [-0.2, 0) is 4.79 Å². The van der Waals surface area contributed by atoms with Crippen molar-refractivity contribution >= 4 is 29.5 Å². The summed E-state index contributed by atoms with van der Waals surface area (Å²) >= 11 is 0. The van der Waals surface area contributed by atoms with E-state index in [9.17, 15) is 19.5 Å². The van der Waals surface area contributed by atoms with Crippen LogP contribution in [0.5, 0.6) is 23.0 Å². The molecular formula is C27H26N2O8. The number of benzene rings is 3. The molecule has 3 aromatic rings. The second-order valence-electron chi connectivity index (χ2n) is 7.51. The topological polar surface area (TPSA) is 132 Å². The first-order valence-electron chi connectivity index (χ1n) is 10.9. The third kappa shape index (κ3) is 6.37. The number of hydrogen-bond donors (Lipinski definition) is 3. The molecule has 0 saturated carbocycles. The first kappa shape index (κ1) is 26.6. The summed E-state index contributed by atoms with van der Waals surface area (Å²) in [6.07, 6.45) is 1.42. The van der Waals surface area contributed by atoms with Crippen LogP contribution in [0.1, 0.15) is 26.3 Å². The lowest BCUT2D eigenvalue weighted by atomic mass is 10.1. The molecule has 0 spiro atoms. The zero-order valence-corrected chi connectivity index (χ0v) is 20.7. The average molecular weight is 507 g/mol. The third-order valence-electron chi connectivity index (χ3n) is 5.22. The number of hydrogen-bond acceptors (Lipinski definition) is 7. The summed E-state index contributed by atoms with van der Waals surface area (Å²) in [6.45, 7) is 0. The van der Waals surface area contributed by atoms with E-state index in [0.29, 0.717) is 28.4 Å². The summed E-state index contributed by atoms with van der Waals surface area (Å²) in [5.74, 6) is -1.14. The van der Waals surface area contributed by atoms with Crippen LogP contribution in [-0.4, -0.2) is 51.3 Å². The molecule has 0 unspecified atom stereocenters. The van der Waals surface area contributed by atoms with Gasteiger partial charge < -0.3 is 34.7 Å². The highest BCUT2D eigenvalue weighted by Gasteiger charge is 2.19. The van der Waals surface area contributed by atoms with Crippen molar-refractivity contribution in [3.8, 4) is 23.0 Å². The second kappa shape index (κ2) is 12.1. The minimum atomic E-state index is -1.18. The summed E-state index contributed by atoms with van der Waals surface area (Å²) in [6, 6.07) is 15.6. The van der Waals surface area contributed by atoms with Crippen molar-refractivity contribution in [2.45, 2.75) is 0 Å². The molecule has 3 N–H and O–H groups in total. The van der Waals surface area contributed by atoms with Crippen molar-refractivity contribution in [2.75, 3.05) is 33.8 Å². The van der Waals surface area contributed by atoms with Gasteiger partial charge in [-0.3, -0.25) is 9.59 Å². The summed E-state index contributed by atoms with van der Waals surface area (Å²) in [7, 11) is 5.76. The second-order valence-corrected chi connectivity index (χ2v) is 7.51. The monoisotopic (exact) mass is 506 g/mol. The molecular weight excluding hydrogens is 480 g/mol. The highest BCUT2D eigenvalue weighted by atomic mass is 16.5. The summed E-state index contributed by atoms with van der Waals surface area (Å²) < 4.78 is 21.4. The Bertz CT molecular complexity index is 1310. The number of carbonyl (C=O) groups excluding carboxylic acids is 2. The zero-order valence-electron chi connectivity index (χ0n) is 20.7. The number of ether oxygens (including phenoxy) is 4. The largest absolute Gasteiger partial charge is 0.495 e. The van der Waals surface area contributed by atoms with Gasteiger partial charge in [-0.25, -0.2) is 4.79 Å². The number of carbonyl (C=O) groups is 3. The molecule has 0 saturated heterocycles. The Balaban J connectivity index is 2.07. The van der Waals surface area contributed by atoms with Gasteiger partial charge in [-0.1, -0.05) is 18.2 Å². The summed E-state index contributed by atoms with van der Waals surface area (Å²) in [4.78, 5) is 37.7. The Morgan fingerprint density at radius 2 is 1.38 bits per heavy atom. The van der Waals surface area contributed by atoms with Crippen LogP contribution >= 0.6 is 0 Å². The van der Waals surface area contributed by atoms with Crippen molar-refractivity contribution in [3.63, 3.8) is 0 Å². The van der Waals surface area contributed by atoms with Crippen molar-refractivity contribution < 1.29 is 38.4 Å². The Morgan fingerprint density at radius 3 is 1.92 bits per heavy atom. The van der Waals surface area contributed by atoms with Crippen molar-refractivity contribution in [3.05, 3.63) is 83.1 Å². The van der Waals surface area contributed by atoms with Gasteiger partial charge in [0.1, 0.15) is 11.4 Å². The molecule has 3 aromatic carbocycles. The van der Waals surface area contributed by atoms with Gasteiger partial charge in [0, 0.05) is 5.56 Å². The van der Waals surface area contributed by atoms with E-state index in [-0.39, 0.29) is 22.7 Å². The van der Waals surface area contributed by atoms with E-state index < -0.39 is 17.8 Å². The van der Waals surface area contributed by atoms with Crippen LogP contribution in [0.15, 0.2) is 66.4 Å². The van der Waals surface area contributed by atoms with E-state index in [1.165, 1.54) is 52.7 Å². The molecule has 192 valence electrons. The molecule has 0 aliphatic heterocycles. The minimum Gasteiger partial charge on any atom is -0.495 e. The molecule has 10 heteroatoms. The predicted octanol–water partition coefficient (Wildman–Crippen LogP) is 3.83. The molecule has 37 heavy (non-hydrogen) atoms. The molecule has 0 heterocycles. The maximum absolute atomic E-state index is 13.4. The molecule has 0 radical (unpaired) electrons. The molecule has 0 aromatic heterocycles. The molecule has 10 nitrogen and oxygen atoms in total. The predicted molar refractivity (Wildman–Crippen MR) is 137 cm³/mol. The fourth-order valence-electron chi connectivity index (χ4n) is 3.42. The van der Waals surface area contributed by atoms with Crippen LogP contribution in [0.3, 0.4) is 0 Å². The van der Waals surface area contributed by atoms with Gasteiger partial charge in [-0.15, -0.1) is 0 Å². The Kier molecular flexibility index (Phi) is 8.71. The van der Waals surface area contributed by atoms with E-state index in [2.05, 4.69) is 10.6 Å². The normalized spacial score (nSPS) is 10.8. The van der Waals surface area contributed by atoms with Gasteiger partial charge >= 0.3 is 5.97 Å². The first-order chi connectivity index (χ1) is 17.8. The molecule has 0 aliphatic rings. The molecule has 0 atom stereocenters. The Hall–Kier alpha value is -4.99. The van der Waals surface area contributed by atoms with Gasteiger partial charge in [0.05, 0.1) is 39.7 Å². The van der Waals surface area contributed by atoms with Gasteiger partial charge in [0.15, 0.2) is 11.5 Å². The van der Waals surface area contributed by atoms with Crippen molar-refractivity contribution in [1.82, 2.24) is 5.32 Å². The highest BCUT2D eigenvalue weighted by molar-refractivity contribution is 6.11. The third-order valence-corrected chi connectivity index (χ3v) is 5.22. The standard InChI is InChI=1S/C27H26N2O8/c1-34-21-11-10-18(27(32)33)15-19(21)28-26(31)20(29-25(30)17-8-6-5-7-9-17)12-16-13-22(35-2)24(37-4)23(14-16)36-3/h5-15H,1-4H3,(H,28,31)(H,29,30)(H,32,33)/b20-12-. The fraction of sp³-hybridized carbons (Fsp3) is 0.148. The number of aromatic carboxylic acids is 1. The Labute approximate surface area is 213 Å². The van der Waals surface area contributed by atoms with Gasteiger partial charge in [0.2, 0.25) is 5.75 Å². The first-order valence-corrected chi connectivity index (χ1v) is 10.9. The van der Waals surface area contributed by atoms with Gasteiger partial charge in [-0.05, 0) is 54.1 Å². The SMILES string of the molecule is COc1ccc(C(=O)O)cc1NC(=O)/C(=C/c1cc(OC)c(OC)c(OC)c1)NC(=O)c1ccccc1. The molecule has 0 bridgehead atoms. The molecule has 2 amide bonds. The molecule has 0 aliphatic carbocycles. The average Bonchev–Trinajstić information content (AvgIpc) is 2.92.